The van der Waals surface area contributed by atoms with Gasteiger partial charge in [-0.2, -0.15) is 0 Å². The van der Waals surface area contributed by atoms with Crippen LogP contribution in [0, 0.1) is 20.8 Å². The molecule has 0 saturated heterocycles. The minimum atomic E-state index is -3.69. The fraction of sp³-hybridized carbons (Fsp3) is 0.174. The summed E-state index contributed by atoms with van der Waals surface area (Å²) in [4.78, 5) is 12.6. The van der Waals surface area contributed by atoms with Gasteiger partial charge in [0.25, 0.3) is 10.0 Å². The number of aryl methyl sites for hydroxylation is 3. The van der Waals surface area contributed by atoms with Gasteiger partial charge in [-0.3, -0.25) is 4.31 Å². The number of sulfonamides is 1. The number of benzene rings is 3. The maximum atomic E-state index is 12.9. The van der Waals surface area contributed by atoms with Gasteiger partial charge in [-0.15, -0.1) is 0 Å². The van der Waals surface area contributed by atoms with Gasteiger partial charge in [-0.1, -0.05) is 24.3 Å². The Bertz CT molecular complexity index is 1150. The van der Waals surface area contributed by atoms with Crippen molar-refractivity contribution >= 4 is 21.7 Å². The lowest BCUT2D eigenvalue weighted by atomic mass is 10.1. The molecule has 0 unspecified atom stereocenters. The fourth-order valence-corrected chi connectivity index (χ4v) is 4.14. The van der Waals surface area contributed by atoms with Crippen LogP contribution in [-0.4, -0.2) is 21.4 Å². The third-order valence-corrected chi connectivity index (χ3v) is 6.69. The van der Waals surface area contributed by atoms with Gasteiger partial charge in [0, 0.05) is 7.05 Å². The number of nitrogens with zero attached hydrogens (tertiary/aromatic N) is 1. The SMILES string of the molecule is Cc1ccc(S(=O)(=O)N(C)c2ccc(OC(=O)c3ccccc3C)cc2)cc1C. The van der Waals surface area contributed by atoms with Crippen molar-refractivity contribution in [2.75, 3.05) is 11.4 Å². The van der Waals surface area contributed by atoms with E-state index in [1.807, 2.05) is 32.9 Å². The zero-order valence-corrected chi connectivity index (χ0v) is 17.7. The molecule has 6 heteroatoms. The summed E-state index contributed by atoms with van der Waals surface area (Å²) >= 11 is 0. The molecule has 0 aliphatic heterocycles. The predicted octanol–water partition coefficient (Wildman–Crippen LogP) is 4.66. The van der Waals surface area contributed by atoms with E-state index in [2.05, 4.69) is 0 Å². The Morgan fingerprint density at radius 2 is 1.48 bits per heavy atom. The average molecular weight is 410 g/mol. The molecule has 0 aliphatic rings. The van der Waals surface area contributed by atoms with Crippen LogP contribution in [0.25, 0.3) is 0 Å². The lowest BCUT2D eigenvalue weighted by molar-refractivity contribution is 0.0734. The van der Waals surface area contributed by atoms with Gasteiger partial charge in [-0.05, 0) is 79.9 Å². The standard InChI is InChI=1S/C23H23NO4S/c1-16-9-14-21(15-18(16)3)29(26,27)24(4)19-10-12-20(13-11-19)28-23(25)22-8-6-5-7-17(22)2/h5-15H,1-4H3. The quantitative estimate of drug-likeness (QED) is 0.454. The van der Waals surface area contributed by atoms with E-state index in [9.17, 15) is 13.2 Å². The molecule has 3 aromatic rings. The van der Waals surface area contributed by atoms with Crippen LogP contribution < -0.4 is 9.04 Å². The summed E-state index contributed by atoms with van der Waals surface area (Å²) in [6, 6.07) is 18.6. The summed E-state index contributed by atoms with van der Waals surface area (Å²) in [7, 11) is -2.19. The molecule has 3 rings (SSSR count). The highest BCUT2D eigenvalue weighted by Crippen LogP contribution is 2.26. The normalized spacial score (nSPS) is 11.2. The Hall–Kier alpha value is -3.12. The van der Waals surface area contributed by atoms with Crippen LogP contribution >= 0.6 is 0 Å². The van der Waals surface area contributed by atoms with Crippen molar-refractivity contribution in [3.05, 3.63) is 89.0 Å². The summed E-state index contributed by atoms with van der Waals surface area (Å²) in [5.41, 5.74) is 3.74. The molecule has 0 aliphatic carbocycles. The number of rotatable bonds is 5. The second kappa shape index (κ2) is 8.09. The van der Waals surface area contributed by atoms with Gasteiger partial charge in [0.2, 0.25) is 0 Å². The maximum Gasteiger partial charge on any atom is 0.343 e. The molecule has 29 heavy (non-hydrogen) atoms. The van der Waals surface area contributed by atoms with E-state index in [0.717, 1.165) is 16.7 Å². The van der Waals surface area contributed by atoms with Crippen molar-refractivity contribution in [3.63, 3.8) is 0 Å². The van der Waals surface area contributed by atoms with E-state index in [-0.39, 0.29) is 4.90 Å². The van der Waals surface area contributed by atoms with Crippen LogP contribution in [0.1, 0.15) is 27.0 Å². The Labute approximate surface area is 171 Å². The molecule has 0 atom stereocenters. The number of hydrogen-bond donors (Lipinski definition) is 0. The number of esters is 1. The predicted molar refractivity (Wildman–Crippen MR) is 114 cm³/mol. The van der Waals surface area contributed by atoms with Crippen LogP contribution in [0.15, 0.2) is 71.6 Å². The van der Waals surface area contributed by atoms with E-state index in [0.29, 0.717) is 17.0 Å². The summed E-state index contributed by atoms with van der Waals surface area (Å²) in [5, 5.41) is 0. The molecule has 3 aromatic carbocycles. The van der Waals surface area contributed by atoms with Gasteiger partial charge in [0.15, 0.2) is 0 Å². The van der Waals surface area contributed by atoms with Crippen LogP contribution in [-0.2, 0) is 10.0 Å². The van der Waals surface area contributed by atoms with Crippen molar-refractivity contribution < 1.29 is 17.9 Å². The Morgan fingerprint density at radius 1 is 0.828 bits per heavy atom. The number of anilines is 1. The zero-order chi connectivity index (χ0) is 21.2. The first kappa shape index (κ1) is 20.6. The van der Waals surface area contributed by atoms with E-state index >= 15 is 0 Å². The molecule has 5 nitrogen and oxygen atoms in total. The van der Waals surface area contributed by atoms with Crippen LogP contribution in [0.2, 0.25) is 0 Å². The highest BCUT2D eigenvalue weighted by molar-refractivity contribution is 7.92. The molecule has 0 fully saturated rings. The first-order valence-corrected chi connectivity index (χ1v) is 10.6. The highest BCUT2D eigenvalue weighted by atomic mass is 32.2. The second-order valence-corrected chi connectivity index (χ2v) is 8.89. The monoisotopic (exact) mass is 409 g/mol. The Balaban J connectivity index is 1.79. The number of carbonyl (C=O) groups excluding carboxylic acids is 1. The van der Waals surface area contributed by atoms with Crippen molar-refractivity contribution in [2.45, 2.75) is 25.7 Å². The first-order valence-electron chi connectivity index (χ1n) is 9.14. The van der Waals surface area contributed by atoms with Crippen LogP contribution in [0.5, 0.6) is 5.75 Å². The van der Waals surface area contributed by atoms with Gasteiger partial charge < -0.3 is 4.74 Å². The molecule has 0 heterocycles. The smallest absolute Gasteiger partial charge is 0.343 e. The van der Waals surface area contributed by atoms with Crippen molar-refractivity contribution in [2.24, 2.45) is 0 Å². The maximum absolute atomic E-state index is 12.9. The molecule has 0 bridgehead atoms. The fourth-order valence-electron chi connectivity index (χ4n) is 2.86. The summed E-state index contributed by atoms with van der Waals surface area (Å²) in [5.74, 6) is -0.106. The lowest BCUT2D eigenvalue weighted by Crippen LogP contribution is -2.26. The van der Waals surface area contributed by atoms with E-state index < -0.39 is 16.0 Å². The molecule has 0 aromatic heterocycles. The molecular formula is C23H23NO4S. The Kier molecular flexibility index (Phi) is 5.75. The first-order chi connectivity index (χ1) is 13.7. The summed E-state index contributed by atoms with van der Waals surface area (Å²) in [6.07, 6.45) is 0. The van der Waals surface area contributed by atoms with E-state index in [4.69, 9.17) is 4.74 Å². The van der Waals surface area contributed by atoms with Crippen molar-refractivity contribution in [3.8, 4) is 5.75 Å². The molecule has 0 amide bonds. The van der Waals surface area contributed by atoms with E-state index in [1.54, 1.807) is 54.6 Å². The summed E-state index contributed by atoms with van der Waals surface area (Å²) < 4.78 is 32.5. The van der Waals surface area contributed by atoms with Crippen LogP contribution in [0.4, 0.5) is 5.69 Å². The summed E-state index contributed by atoms with van der Waals surface area (Å²) in [6.45, 7) is 5.66. The molecule has 0 spiro atoms. The van der Waals surface area contributed by atoms with Crippen molar-refractivity contribution in [1.29, 1.82) is 0 Å². The minimum Gasteiger partial charge on any atom is -0.423 e. The minimum absolute atomic E-state index is 0.234. The van der Waals surface area contributed by atoms with Crippen molar-refractivity contribution in [1.82, 2.24) is 0 Å². The van der Waals surface area contributed by atoms with E-state index in [1.165, 1.54) is 11.4 Å². The number of ether oxygens (including phenoxy) is 1. The lowest BCUT2D eigenvalue weighted by Gasteiger charge is -2.20. The van der Waals surface area contributed by atoms with Gasteiger partial charge in [0.1, 0.15) is 5.75 Å². The average Bonchev–Trinajstić information content (AvgIpc) is 2.70. The van der Waals surface area contributed by atoms with Gasteiger partial charge in [0.05, 0.1) is 16.1 Å². The largest absolute Gasteiger partial charge is 0.423 e. The molecule has 0 saturated carbocycles. The third-order valence-electron chi connectivity index (χ3n) is 4.91. The topological polar surface area (TPSA) is 63.7 Å². The number of hydrogen-bond acceptors (Lipinski definition) is 4. The highest BCUT2D eigenvalue weighted by Gasteiger charge is 2.22. The number of carbonyl (C=O) groups is 1. The Morgan fingerprint density at radius 3 is 2.10 bits per heavy atom. The molecule has 0 radical (unpaired) electrons. The van der Waals surface area contributed by atoms with Gasteiger partial charge in [-0.25, -0.2) is 13.2 Å². The zero-order valence-electron chi connectivity index (χ0n) is 16.8. The third kappa shape index (κ3) is 4.32. The second-order valence-electron chi connectivity index (χ2n) is 6.92. The van der Waals surface area contributed by atoms with Crippen LogP contribution in [0.3, 0.4) is 0 Å². The molecule has 150 valence electrons. The van der Waals surface area contributed by atoms with Gasteiger partial charge >= 0.3 is 5.97 Å². The molecule has 0 N–H and O–H groups in total. The molecular weight excluding hydrogens is 386 g/mol.